The van der Waals surface area contributed by atoms with E-state index in [1.807, 2.05) is 12.2 Å². The molecule has 0 unspecified atom stereocenters. The lowest BCUT2D eigenvalue weighted by Gasteiger charge is -2.15. The van der Waals surface area contributed by atoms with E-state index in [-0.39, 0.29) is 30.9 Å². The number of aliphatic hydroxyl groups excluding tert-OH is 1. The van der Waals surface area contributed by atoms with Crippen molar-refractivity contribution in [3.63, 3.8) is 0 Å². The molecule has 0 bridgehead atoms. The second kappa shape index (κ2) is 31.5. The SMILES string of the molecule is CCCCC/C=C\C=C\C(=O)CCCCCCCC(=O)OC[C@H](CO)OC(=O)CCCCCCCCCCCCC(C)C. The van der Waals surface area contributed by atoms with Crippen LogP contribution in [0.15, 0.2) is 24.3 Å². The minimum atomic E-state index is -0.805. The zero-order valence-corrected chi connectivity index (χ0v) is 28.1. The molecule has 0 aromatic heterocycles. The highest BCUT2D eigenvalue weighted by molar-refractivity contribution is 5.89. The van der Waals surface area contributed by atoms with Crippen LogP contribution in [0.5, 0.6) is 0 Å². The monoisotopic (exact) mass is 606 g/mol. The van der Waals surface area contributed by atoms with E-state index in [1.165, 1.54) is 70.6 Å². The summed E-state index contributed by atoms with van der Waals surface area (Å²) in [6.07, 6.45) is 30.5. The van der Waals surface area contributed by atoms with E-state index in [0.717, 1.165) is 63.7 Å². The summed E-state index contributed by atoms with van der Waals surface area (Å²) in [5.74, 6) is 0.291. The Morgan fingerprint density at radius 1 is 0.651 bits per heavy atom. The second-order valence-corrected chi connectivity index (χ2v) is 12.5. The Kier molecular flexibility index (Phi) is 30.0. The van der Waals surface area contributed by atoms with E-state index in [9.17, 15) is 19.5 Å². The zero-order chi connectivity index (χ0) is 31.8. The molecule has 43 heavy (non-hydrogen) atoms. The Balaban J connectivity index is 3.67. The number of carbonyl (C=O) groups is 3. The van der Waals surface area contributed by atoms with Crippen LogP contribution < -0.4 is 0 Å². The molecular formula is C37H66O6. The van der Waals surface area contributed by atoms with Crippen molar-refractivity contribution < 1.29 is 29.0 Å². The highest BCUT2D eigenvalue weighted by atomic mass is 16.6. The molecular weight excluding hydrogens is 540 g/mol. The van der Waals surface area contributed by atoms with Crippen molar-refractivity contribution in [3.8, 4) is 0 Å². The number of aliphatic hydroxyl groups is 1. The third-order valence-electron chi connectivity index (χ3n) is 7.65. The lowest BCUT2D eigenvalue weighted by Crippen LogP contribution is -2.28. The van der Waals surface area contributed by atoms with Gasteiger partial charge in [-0.25, -0.2) is 0 Å². The number of ketones is 1. The lowest BCUT2D eigenvalue weighted by atomic mass is 10.0. The van der Waals surface area contributed by atoms with Gasteiger partial charge in [0.15, 0.2) is 11.9 Å². The Morgan fingerprint density at radius 2 is 1.19 bits per heavy atom. The fourth-order valence-electron chi connectivity index (χ4n) is 4.90. The highest BCUT2D eigenvalue weighted by Gasteiger charge is 2.16. The third-order valence-corrected chi connectivity index (χ3v) is 7.65. The Labute approximate surface area is 264 Å². The van der Waals surface area contributed by atoms with Crippen LogP contribution in [0, 0.1) is 5.92 Å². The maximum Gasteiger partial charge on any atom is 0.306 e. The molecule has 6 nitrogen and oxygen atoms in total. The number of ether oxygens (including phenoxy) is 2. The number of allylic oxidation sites excluding steroid dienone is 4. The maximum atomic E-state index is 12.1. The summed E-state index contributed by atoms with van der Waals surface area (Å²) in [5.41, 5.74) is 0. The molecule has 1 atom stereocenters. The molecule has 0 aromatic rings. The van der Waals surface area contributed by atoms with Crippen molar-refractivity contribution in [1.82, 2.24) is 0 Å². The van der Waals surface area contributed by atoms with E-state index >= 15 is 0 Å². The topological polar surface area (TPSA) is 89.9 Å². The molecule has 0 saturated heterocycles. The van der Waals surface area contributed by atoms with E-state index in [4.69, 9.17) is 9.47 Å². The molecule has 0 saturated carbocycles. The number of rotatable bonds is 31. The molecule has 0 radical (unpaired) electrons. The van der Waals surface area contributed by atoms with Crippen LogP contribution in [0.4, 0.5) is 0 Å². The molecule has 250 valence electrons. The summed E-state index contributed by atoms with van der Waals surface area (Å²) in [4.78, 5) is 36.0. The average molecular weight is 607 g/mol. The normalized spacial score (nSPS) is 12.4. The second-order valence-electron chi connectivity index (χ2n) is 12.5. The molecule has 0 aromatic carbocycles. The summed E-state index contributed by atoms with van der Waals surface area (Å²) in [6, 6.07) is 0. The smallest absolute Gasteiger partial charge is 0.306 e. The van der Waals surface area contributed by atoms with Crippen LogP contribution in [-0.4, -0.2) is 42.1 Å². The van der Waals surface area contributed by atoms with E-state index in [0.29, 0.717) is 19.3 Å². The van der Waals surface area contributed by atoms with Gasteiger partial charge in [-0.2, -0.15) is 0 Å². The third kappa shape index (κ3) is 31.3. The van der Waals surface area contributed by atoms with Crippen molar-refractivity contribution in [2.45, 2.75) is 175 Å². The molecule has 0 aliphatic rings. The van der Waals surface area contributed by atoms with Crippen molar-refractivity contribution in [1.29, 1.82) is 0 Å². The van der Waals surface area contributed by atoms with Gasteiger partial charge in [0.2, 0.25) is 0 Å². The van der Waals surface area contributed by atoms with Gasteiger partial charge in [0, 0.05) is 19.3 Å². The van der Waals surface area contributed by atoms with Crippen LogP contribution in [0.1, 0.15) is 168 Å². The van der Waals surface area contributed by atoms with Crippen LogP contribution in [0.2, 0.25) is 0 Å². The van der Waals surface area contributed by atoms with Gasteiger partial charge in [0.05, 0.1) is 6.61 Å². The molecule has 0 aliphatic heterocycles. The van der Waals surface area contributed by atoms with Crippen molar-refractivity contribution >= 4 is 17.7 Å². The average Bonchev–Trinajstić information content (AvgIpc) is 2.98. The van der Waals surface area contributed by atoms with Gasteiger partial charge in [-0.15, -0.1) is 0 Å². The molecule has 0 spiro atoms. The van der Waals surface area contributed by atoms with E-state index < -0.39 is 6.10 Å². The van der Waals surface area contributed by atoms with Gasteiger partial charge >= 0.3 is 11.9 Å². The summed E-state index contributed by atoms with van der Waals surface area (Å²) < 4.78 is 10.5. The van der Waals surface area contributed by atoms with Gasteiger partial charge in [-0.05, 0) is 44.1 Å². The van der Waals surface area contributed by atoms with Crippen molar-refractivity contribution in [3.05, 3.63) is 24.3 Å². The quantitative estimate of drug-likeness (QED) is 0.0366. The minimum Gasteiger partial charge on any atom is -0.462 e. The number of hydrogen-bond acceptors (Lipinski definition) is 6. The van der Waals surface area contributed by atoms with Gasteiger partial charge in [-0.3, -0.25) is 14.4 Å². The van der Waals surface area contributed by atoms with Crippen LogP contribution >= 0.6 is 0 Å². The van der Waals surface area contributed by atoms with Crippen LogP contribution in [0.25, 0.3) is 0 Å². The van der Waals surface area contributed by atoms with Gasteiger partial charge in [0.25, 0.3) is 0 Å². The predicted molar refractivity (Wildman–Crippen MR) is 178 cm³/mol. The molecule has 0 fully saturated rings. The largest absolute Gasteiger partial charge is 0.462 e. The first kappa shape index (κ1) is 41.0. The summed E-state index contributed by atoms with van der Waals surface area (Å²) >= 11 is 0. The minimum absolute atomic E-state index is 0.109. The van der Waals surface area contributed by atoms with E-state index in [1.54, 1.807) is 6.08 Å². The highest BCUT2D eigenvalue weighted by Crippen LogP contribution is 2.14. The van der Waals surface area contributed by atoms with E-state index in [2.05, 4.69) is 26.8 Å². The first-order chi connectivity index (χ1) is 20.9. The predicted octanol–water partition coefficient (Wildman–Crippen LogP) is 9.76. The molecule has 0 amide bonds. The zero-order valence-electron chi connectivity index (χ0n) is 28.1. The fourth-order valence-corrected chi connectivity index (χ4v) is 4.90. The van der Waals surface area contributed by atoms with Crippen molar-refractivity contribution in [2.24, 2.45) is 5.92 Å². The summed E-state index contributed by atoms with van der Waals surface area (Å²) in [6.45, 7) is 6.29. The Bertz CT molecular complexity index is 727. The molecule has 0 rings (SSSR count). The first-order valence-electron chi connectivity index (χ1n) is 17.7. The number of unbranched alkanes of at least 4 members (excludes halogenated alkanes) is 16. The summed E-state index contributed by atoms with van der Waals surface area (Å²) in [5, 5.41) is 9.51. The summed E-state index contributed by atoms with van der Waals surface area (Å²) in [7, 11) is 0. The molecule has 1 N–H and O–H groups in total. The Morgan fingerprint density at radius 3 is 1.74 bits per heavy atom. The number of hydrogen-bond donors (Lipinski definition) is 1. The fraction of sp³-hybridized carbons (Fsp3) is 0.811. The number of carbonyl (C=O) groups excluding carboxylic acids is 3. The Hall–Kier alpha value is -1.95. The maximum absolute atomic E-state index is 12.1. The first-order valence-corrected chi connectivity index (χ1v) is 17.7. The molecule has 0 aliphatic carbocycles. The van der Waals surface area contributed by atoms with Crippen molar-refractivity contribution in [2.75, 3.05) is 13.2 Å². The lowest BCUT2D eigenvalue weighted by molar-refractivity contribution is -0.161. The van der Waals surface area contributed by atoms with Gasteiger partial charge in [0.1, 0.15) is 6.61 Å². The van der Waals surface area contributed by atoms with Gasteiger partial charge < -0.3 is 14.6 Å². The van der Waals surface area contributed by atoms with Gasteiger partial charge in [-0.1, -0.05) is 135 Å². The standard InChI is InChI=1S/C37H66O6/c1-4-5-6-7-12-17-22-27-34(39)28-23-18-15-20-24-29-36(40)42-32-35(31-38)43-37(41)30-25-19-14-11-9-8-10-13-16-21-26-33(2)3/h12,17,22,27,33,35,38H,4-11,13-16,18-21,23-26,28-32H2,1-3H3/b17-12-,27-22+/t35-/m0/s1. The van der Waals surface area contributed by atoms with Crippen LogP contribution in [-0.2, 0) is 23.9 Å². The molecule has 0 heterocycles. The van der Waals surface area contributed by atoms with Crippen LogP contribution in [0.3, 0.4) is 0 Å². The molecule has 6 heteroatoms. The number of esters is 2.